The van der Waals surface area contributed by atoms with Crippen molar-refractivity contribution in [1.82, 2.24) is 9.55 Å². The van der Waals surface area contributed by atoms with Gasteiger partial charge in [-0.3, -0.25) is 14.2 Å². The van der Waals surface area contributed by atoms with Gasteiger partial charge >= 0.3 is 5.97 Å². The molecule has 0 aliphatic rings. The number of methoxy groups -OCH3 is 1. The molecule has 2 aromatic carbocycles. The lowest BCUT2D eigenvalue weighted by molar-refractivity contribution is -0.139. The van der Waals surface area contributed by atoms with E-state index in [0.29, 0.717) is 10.9 Å². The number of halogens is 1. The lowest BCUT2D eigenvalue weighted by Gasteiger charge is -2.15. The highest BCUT2D eigenvalue weighted by Crippen LogP contribution is 2.26. The molecule has 3 aromatic rings. The first-order valence-corrected chi connectivity index (χ1v) is 8.42. The van der Waals surface area contributed by atoms with Crippen molar-refractivity contribution >= 4 is 28.6 Å². The second kappa shape index (κ2) is 7.06. The number of aromatic nitrogens is 2. The highest BCUT2D eigenvalue weighted by Gasteiger charge is 2.21. The summed E-state index contributed by atoms with van der Waals surface area (Å²) >= 11 is 1.05. The molecule has 0 fully saturated rings. The molecular weight excluding hydrogens is 343 g/mol. The number of hydrogen-bond acceptors (Lipinski definition) is 5. The quantitative estimate of drug-likeness (QED) is 0.407. The number of esters is 1. The molecule has 0 bridgehead atoms. The highest BCUT2D eigenvalue weighted by atomic mass is 32.2. The van der Waals surface area contributed by atoms with Crippen LogP contribution in [0.4, 0.5) is 4.39 Å². The van der Waals surface area contributed by atoms with Crippen molar-refractivity contribution in [3.05, 3.63) is 64.7 Å². The van der Waals surface area contributed by atoms with Crippen LogP contribution in [0, 0.1) is 5.82 Å². The highest BCUT2D eigenvalue weighted by molar-refractivity contribution is 8.00. The Labute approximate surface area is 147 Å². The third-order valence-corrected chi connectivity index (χ3v) is 4.68. The summed E-state index contributed by atoms with van der Waals surface area (Å²) in [5.41, 5.74) is 0.181. The predicted molar refractivity (Wildman–Crippen MR) is 94.6 cm³/mol. The van der Waals surface area contributed by atoms with Crippen LogP contribution < -0.4 is 5.56 Å². The van der Waals surface area contributed by atoms with E-state index in [1.54, 1.807) is 43.3 Å². The van der Waals surface area contributed by atoms with Crippen LogP contribution in [-0.4, -0.2) is 27.9 Å². The predicted octanol–water partition coefficient (Wildman–Crippen LogP) is 3.18. The minimum absolute atomic E-state index is 0.0883. The van der Waals surface area contributed by atoms with Crippen LogP contribution in [-0.2, 0) is 9.53 Å². The van der Waals surface area contributed by atoms with E-state index in [0.717, 1.165) is 11.8 Å². The molecule has 0 spiro atoms. The van der Waals surface area contributed by atoms with Crippen LogP contribution in [0.15, 0.2) is 58.5 Å². The van der Waals surface area contributed by atoms with E-state index in [2.05, 4.69) is 4.98 Å². The molecule has 0 radical (unpaired) electrons. The van der Waals surface area contributed by atoms with E-state index < -0.39 is 22.6 Å². The number of hydrogen-bond donors (Lipinski definition) is 0. The third-order valence-electron chi connectivity index (χ3n) is 3.65. The maximum Gasteiger partial charge on any atom is 0.318 e. The van der Waals surface area contributed by atoms with Crippen molar-refractivity contribution in [3.8, 4) is 5.69 Å². The van der Waals surface area contributed by atoms with Gasteiger partial charge in [0.1, 0.15) is 11.1 Å². The number of thioether (sulfide) groups is 1. The number of fused-ring (bicyclic) bond motifs is 1. The van der Waals surface area contributed by atoms with Crippen molar-refractivity contribution in [2.24, 2.45) is 0 Å². The summed E-state index contributed by atoms with van der Waals surface area (Å²) in [6.45, 7) is 1.64. The van der Waals surface area contributed by atoms with Gasteiger partial charge < -0.3 is 4.74 Å². The number of carbonyl (C=O) groups is 1. The van der Waals surface area contributed by atoms with E-state index >= 15 is 0 Å². The van der Waals surface area contributed by atoms with Crippen molar-refractivity contribution in [3.63, 3.8) is 0 Å². The molecule has 1 atom stereocenters. The van der Waals surface area contributed by atoms with Crippen LogP contribution in [0.3, 0.4) is 0 Å². The Bertz CT molecular complexity index is 1000. The summed E-state index contributed by atoms with van der Waals surface area (Å²) in [7, 11) is 1.29. The molecule has 25 heavy (non-hydrogen) atoms. The van der Waals surface area contributed by atoms with Crippen LogP contribution >= 0.6 is 11.8 Å². The number of para-hydroxylation sites is 2. The monoisotopic (exact) mass is 358 g/mol. The number of ether oxygens (including phenoxy) is 1. The summed E-state index contributed by atoms with van der Waals surface area (Å²) in [6, 6.07) is 12.8. The second-order valence-electron chi connectivity index (χ2n) is 5.29. The Morgan fingerprint density at radius 3 is 2.60 bits per heavy atom. The topological polar surface area (TPSA) is 61.2 Å². The van der Waals surface area contributed by atoms with E-state index in [9.17, 15) is 14.0 Å². The van der Waals surface area contributed by atoms with Gasteiger partial charge in [0, 0.05) is 0 Å². The molecular formula is C18H15FN2O3S. The number of carbonyl (C=O) groups excluding carboxylic acids is 1. The maximum atomic E-state index is 14.3. The molecule has 0 aliphatic heterocycles. The van der Waals surface area contributed by atoms with E-state index in [1.165, 1.54) is 23.8 Å². The molecule has 0 amide bonds. The van der Waals surface area contributed by atoms with E-state index in [4.69, 9.17) is 4.74 Å². The number of rotatable bonds is 4. The average molecular weight is 358 g/mol. The Hall–Kier alpha value is -2.67. The van der Waals surface area contributed by atoms with Crippen molar-refractivity contribution in [2.75, 3.05) is 7.11 Å². The lowest BCUT2D eigenvalue weighted by Crippen LogP contribution is -2.24. The fourth-order valence-corrected chi connectivity index (χ4v) is 3.36. The van der Waals surface area contributed by atoms with Gasteiger partial charge in [0.05, 0.1) is 23.7 Å². The Balaban J connectivity index is 2.27. The molecule has 0 saturated carbocycles. The molecule has 1 aromatic heterocycles. The van der Waals surface area contributed by atoms with E-state index in [1.807, 2.05) is 0 Å². The molecule has 7 heteroatoms. The van der Waals surface area contributed by atoms with Gasteiger partial charge in [0.2, 0.25) is 0 Å². The standard InChI is InChI=1S/C18H15FN2O3S/c1-11(17(23)24-2)25-18-20-14-9-5-3-7-12(14)16(22)21(18)15-10-6-4-8-13(15)19/h3-11H,1-2H3/t11-/m1/s1. The summed E-state index contributed by atoms with van der Waals surface area (Å²) in [5.74, 6) is -0.998. The summed E-state index contributed by atoms with van der Waals surface area (Å²) < 4.78 is 20.2. The third kappa shape index (κ3) is 3.28. The minimum atomic E-state index is -0.601. The first-order chi connectivity index (χ1) is 12.0. The molecule has 3 rings (SSSR count). The first kappa shape index (κ1) is 17.2. The van der Waals surface area contributed by atoms with Gasteiger partial charge in [0.15, 0.2) is 5.16 Å². The fraction of sp³-hybridized carbons (Fsp3) is 0.167. The largest absolute Gasteiger partial charge is 0.468 e. The zero-order valence-corrected chi connectivity index (χ0v) is 14.4. The molecule has 0 aliphatic carbocycles. The molecule has 1 heterocycles. The molecule has 0 N–H and O–H groups in total. The van der Waals surface area contributed by atoms with Gasteiger partial charge in [0.25, 0.3) is 5.56 Å². The lowest BCUT2D eigenvalue weighted by atomic mass is 10.2. The zero-order chi connectivity index (χ0) is 18.0. The van der Waals surface area contributed by atoms with Crippen molar-refractivity contribution in [1.29, 1.82) is 0 Å². The fourth-order valence-electron chi connectivity index (χ4n) is 2.41. The van der Waals surface area contributed by atoms with Gasteiger partial charge in [-0.15, -0.1) is 0 Å². The summed E-state index contributed by atoms with van der Waals surface area (Å²) in [4.78, 5) is 29.2. The Kier molecular flexibility index (Phi) is 4.85. The Morgan fingerprint density at radius 2 is 1.88 bits per heavy atom. The van der Waals surface area contributed by atoms with Gasteiger partial charge in [-0.1, -0.05) is 36.0 Å². The Morgan fingerprint density at radius 1 is 1.20 bits per heavy atom. The number of nitrogens with zero attached hydrogens (tertiary/aromatic N) is 2. The molecule has 5 nitrogen and oxygen atoms in total. The van der Waals surface area contributed by atoms with Crippen LogP contribution in [0.5, 0.6) is 0 Å². The second-order valence-corrected chi connectivity index (χ2v) is 6.59. The van der Waals surface area contributed by atoms with Crippen LogP contribution in [0.1, 0.15) is 6.92 Å². The van der Waals surface area contributed by atoms with Gasteiger partial charge in [-0.25, -0.2) is 9.37 Å². The van der Waals surface area contributed by atoms with Crippen LogP contribution in [0.25, 0.3) is 16.6 Å². The number of benzene rings is 2. The van der Waals surface area contributed by atoms with E-state index in [-0.39, 0.29) is 10.8 Å². The minimum Gasteiger partial charge on any atom is -0.468 e. The molecule has 0 saturated heterocycles. The summed E-state index contributed by atoms with van der Waals surface area (Å²) in [6.07, 6.45) is 0. The SMILES string of the molecule is COC(=O)[C@@H](C)Sc1nc2ccccc2c(=O)n1-c1ccccc1F. The average Bonchev–Trinajstić information content (AvgIpc) is 2.62. The summed E-state index contributed by atoms with van der Waals surface area (Å²) in [5, 5.41) is 0.00334. The molecule has 0 unspecified atom stereocenters. The zero-order valence-electron chi connectivity index (χ0n) is 13.6. The van der Waals surface area contributed by atoms with Gasteiger partial charge in [-0.2, -0.15) is 0 Å². The smallest absolute Gasteiger partial charge is 0.318 e. The maximum absolute atomic E-state index is 14.3. The van der Waals surface area contributed by atoms with Crippen molar-refractivity contribution in [2.45, 2.75) is 17.3 Å². The van der Waals surface area contributed by atoms with Gasteiger partial charge in [-0.05, 0) is 31.2 Å². The normalized spacial score (nSPS) is 12.1. The molecule has 128 valence electrons. The van der Waals surface area contributed by atoms with Crippen molar-refractivity contribution < 1.29 is 13.9 Å². The first-order valence-electron chi connectivity index (χ1n) is 7.54. The van der Waals surface area contributed by atoms with Crippen LogP contribution in [0.2, 0.25) is 0 Å².